The van der Waals surface area contributed by atoms with Gasteiger partial charge in [-0.2, -0.15) is 0 Å². The van der Waals surface area contributed by atoms with Gasteiger partial charge in [0, 0.05) is 6.92 Å². The fourth-order valence-electron chi connectivity index (χ4n) is 2.64. The predicted octanol–water partition coefficient (Wildman–Crippen LogP) is 2.97. The molecule has 0 heterocycles. The Morgan fingerprint density at radius 3 is 2.33 bits per heavy atom. The third-order valence-corrected chi connectivity index (χ3v) is 4.34. The molecule has 7 nitrogen and oxygen atoms in total. The lowest BCUT2D eigenvalue weighted by Gasteiger charge is -2.20. The Morgan fingerprint density at radius 1 is 1.15 bits per heavy atom. The molecule has 0 fully saturated rings. The lowest BCUT2D eigenvalue weighted by atomic mass is 9.90. The number of anilines is 1. The van der Waals surface area contributed by atoms with E-state index >= 15 is 0 Å². The minimum atomic E-state index is -0.751. The summed E-state index contributed by atoms with van der Waals surface area (Å²) >= 11 is 6.19. The van der Waals surface area contributed by atoms with E-state index in [0.29, 0.717) is 27.4 Å². The van der Waals surface area contributed by atoms with Crippen LogP contribution in [0.3, 0.4) is 0 Å². The number of nitrogens with two attached hydrogens (primary N) is 1. The molecule has 1 aromatic carbocycles. The van der Waals surface area contributed by atoms with Gasteiger partial charge in [-0.05, 0) is 49.9 Å². The molecule has 150 valence electrons. The molecule has 0 saturated carbocycles. The average molecular weight is 400 g/mol. The highest BCUT2D eigenvalue weighted by atomic mass is 35.5. The zero-order valence-electron chi connectivity index (χ0n) is 16.1. The molecule has 0 amide bonds. The Balaban J connectivity index is 3.22. The average Bonchev–Trinajstić information content (AvgIpc) is 2.59. The van der Waals surface area contributed by atoms with Crippen molar-refractivity contribution in [1.82, 2.24) is 0 Å². The van der Waals surface area contributed by atoms with Crippen LogP contribution in [-0.2, 0) is 41.6 Å². The van der Waals surface area contributed by atoms with Crippen LogP contribution in [0, 0.1) is 12.8 Å². The van der Waals surface area contributed by atoms with E-state index in [1.807, 2.05) is 0 Å². The molecule has 2 N–H and O–H groups in total. The van der Waals surface area contributed by atoms with Gasteiger partial charge in [0.25, 0.3) is 0 Å². The maximum absolute atomic E-state index is 12.3. The van der Waals surface area contributed by atoms with E-state index in [0.717, 1.165) is 0 Å². The van der Waals surface area contributed by atoms with Crippen molar-refractivity contribution in [2.45, 2.75) is 47.1 Å². The maximum atomic E-state index is 12.3. The van der Waals surface area contributed by atoms with Gasteiger partial charge < -0.3 is 19.9 Å². The Kier molecular flexibility index (Phi) is 9.08. The van der Waals surface area contributed by atoms with Crippen LogP contribution in [0.25, 0.3) is 0 Å². The van der Waals surface area contributed by atoms with Crippen molar-refractivity contribution in [3.63, 3.8) is 0 Å². The molecule has 1 unspecified atom stereocenters. The minimum Gasteiger partial charge on any atom is -0.466 e. The van der Waals surface area contributed by atoms with Crippen LogP contribution in [0.4, 0.5) is 5.69 Å². The first kappa shape index (κ1) is 22.8. The minimum absolute atomic E-state index is 0.00712. The zero-order valence-corrected chi connectivity index (χ0v) is 16.9. The summed E-state index contributed by atoms with van der Waals surface area (Å²) in [5.74, 6) is -2.19. The Bertz CT molecular complexity index is 704. The monoisotopic (exact) mass is 399 g/mol. The topological polar surface area (TPSA) is 105 Å². The molecule has 0 aliphatic heterocycles. The third-order valence-electron chi connectivity index (χ3n) is 4.03. The molecule has 1 aromatic rings. The van der Waals surface area contributed by atoms with Crippen LogP contribution in [-0.4, -0.2) is 31.1 Å². The third kappa shape index (κ3) is 6.75. The summed E-state index contributed by atoms with van der Waals surface area (Å²) in [4.78, 5) is 35.4. The first-order valence-electron chi connectivity index (χ1n) is 8.73. The van der Waals surface area contributed by atoms with E-state index < -0.39 is 23.8 Å². The van der Waals surface area contributed by atoms with Gasteiger partial charge in [0.15, 0.2) is 0 Å². The molecule has 0 aliphatic rings. The number of hydrogen-bond acceptors (Lipinski definition) is 7. The highest BCUT2D eigenvalue weighted by molar-refractivity contribution is 6.33. The van der Waals surface area contributed by atoms with Crippen LogP contribution >= 0.6 is 11.6 Å². The second-order valence-electron chi connectivity index (χ2n) is 5.98. The fourth-order valence-corrected chi connectivity index (χ4v) is 2.92. The predicted molar refractivity (Wildman–Crippen MR) is 101 cm³/mol. The molecular formula is C19H26ClNO6. The number of benzene rings is 1. The van der Waals surface area contributed by atoms with Gasteiger partial charge in [-0.25, -0.2) is 0 Å². The number of nitrogen functional groups attached to an aromatic ring is 1. The fraction of sp³-hybridized carbons (Fsp3) is 0.526. The standard InChI is InChI=1S/C19H26ClNO6/c1-5-25-17(23)9-14(19(24)26-6-2)7-13-8-16(20)18(21)11(3)15(13)10-27-12(4)22/h8,14H,5-7,9-10,21H2,1-4H3. The van der Waals surface area contributed by atoms with Crippen molar-refractivity contribution in [2.75, 3.05) is 18.9 Å². The maximum Gasteiger partial charge on any atom is 0.309 e. The van der Waals surface area contributed by atoms with E-state index in [4.69, 9.17) is 31.5 Å². The van der Waals surface area contributed by atoms with Gasteiger partial charge in [-0.3, -0.25) is 14.4 Å². The molecule has 27 heavy (non-hydrogen) atoms. The smallest absolute Gasteiger partial charge is 0.309 e. The number of rotatable bonds is 9. The molecule has 1 rings (SSSR count). The van der Waals surface area contributed by atoms with Crippen molar-refractivity contribution < 1.29 is 28.6 Å². The Morgan fingerprint density at radius 2 is 1.78 bits per heavy atom. The SMILES string of the molecule is CCOC(=O)CC(Cc1cc(Cl)c(N)c(C)c1COC(C)=O)C(=O)OCC. The molecule has 0 radical (unpaired) electrons. The Labute approximate surface area is 164 Å². The van der Waals surface area contributed by atoms with Crippen LogP contribution in [0.2, 0.25) is 5.02 Å². The quantitative estimate of drug-likeness (QED) is 0.386. The number of carbonyl (C=O) groups excluding carboxylic acids is 3. The normalized spacial score (nSPS) is 11.6. The van der Waals surface area contributed by atoms with Crippen molar-refractivity contribution >= 4 is 35.2 Å². The summed E-state index contributed by atoms with van der Waals surface area (Å²) < 4.78 is 15.1. The van der Waals surface area contributed by atoms with Gasteiger partial charge in [0.05, 0.1) is 36.3 Å². The summed E-state index contributed by atoms with van der Waals surface area (Å²) in [6.45, 7) is 6.85. The first-order chi connectivity index (χ1) is 12.7. The van der Waals surface area contributed by atoms with Crippen LogP contribution in [0.1, 0.15) is 43.9 Å². The van der Waals surface area contributed by atoms with E-state index in [2.05, 4.69) is 0 Å². The van der Waals surface area contributed by atoms with Crippen molar-refractivity contribution in [3.8, 4) is 0 Å². The molecule has 0 spiro atoms. The molecule has 0 aliphatic carbocycles. The van der Waals surface area contributed by atoms with Crippen molar-refractivity contribution in [2.24, 2.45) is 5.92 Å². The lowest BCUT2D eigenvalue weighted by Crippen LogP contribution is -2.25. The molecule has 0 aromatic heterocycles. The van der Waals surface area contributed by atoms with Gasteiger partial charge in [-0.1, -0.05) is 11.6 Å². The lowest BCUT2D eigenvalue weighted by molar-refractivity contribution is -0.154. The highest BCUT2D eigenvalue weighted by Gasteiger charge is 2.26. The van der Waals surface area contributed by atoms with Gasteiger partial charge in [-0.15, -0.1) is 0 Å². The van der Waals surface area contributed by atoms with E-state index in [1.54, 1.807) is 26.8 Å². The summed E-state index contributed by atoms with van der Waals surface area (Å²) in [6, 6.07) is 1.63. The van der Waals surface area contributed by atoms with Crippen LogP contribution < -0.4 is 5.73 Å². The second-order valence-corrected chi connectivity index (χ2v) is 6.38. The van der Waals surface area contributed by atoms with E-state index in [-0.39, 0.29) is 32.7 Å². The van der Waals surface area contributed by atoms with Crippen molar-refractivity contribution in [1.29, 1.82) is 0 Å². The summed E-state index contributed by atoms with van der Waals surface area (Å²) in [5.41, 5.74) is 8.34. The highest BCUT2D eigenvalue weighted by Crippen LogP contribution is 2.31. The van der Waals surface area contributed by atoms with Crippen molar-refractivity contribution in [3.05, 3.63) is 27.8 Å². The second kappa shape index (κ2) is 10.8. The summed E-state index contributed by atoms with van der Waals surface area (Å²) in [6.07, 6.45) is 0.0514. The molecular weight excluding hydrogens is 374 g/mol. The number of ether oxygens (including phenoxy) is 3. The van der Waals surface area contributed by atoms with Gasteiger partial charge >= 0.3 is 17.9 Å². The van der Waals surface area contributed by atoms with E-state index in [1.165, 1.54) is 6.92 Å². The number of carbonyl (C=O) groups is 3. The Hall–Kier alpha value is -2.28. The molecule has 0 saturated heterocycles. The largest absolute Gasteiger partial charge is 0.466 e. The van der Waals surface area contributed by atoms with Crippen LogP contribution in [0.15, 0.2) is 6.07 Å². The molecule has 8 heteroatoms. The number of esters is 3. The van der Waals surface area contributed by atoms with Crippen LogP contribution in [0.5, 0.6) is 0 Å². The zero-order chi connectivity index (χ0) is 20.6. The van der Waals surface area contributed by atoms with Gasteiger partial charge in [0.1, 0.15) is 6.61 Å². The summed E-state index contributed by atoms with van der Waals surface area (Å²) in [7, 11) is 0. The van der Waals surface area contributed by atoms with E-state index in [9.17, 15) is 14.4 Å². The number of hydrogen-bond donors (Lipinski definition) is 1. The molecule has 0 bridgehead atoms. The first-order valence-corrected chi connectivity index (χ1v) is 9.10. The molecule has 1 atom stereocenters. The summed E-state index contributed by atoms with van der Waals surface area (Å²) in [5, 5.41) is 0.327. The van der Waals surface area contributed by atoms with Gasteiger partial charge in [0.2, 0.25) is 0 Å². The number of halogens is 1.